The van der Waals surface area contributed by atoms with Gasteiger partial charge in [0.25, 0.3) is 5.91 Å². The number of piperidine rings is 1. The van der Waals surface area contributed by atoms with E-state index < -0.39 is 11.6 Å². The van der Waals surface area contributed by atoms with E-state index in [1.54, 1.807) is 6.07 Å². The highest BCUT2D eigenvalue weighted by Gasteiger charge is 2.42. The zero-order valence-electron chi connectivity index (χ0n) is 19.1. The molecule has 1 aromatic carbocycles. The molecule has 0 radical (unpaired) electrons. The monoisotopic (exact) mass is 451 g/mol. The zero-order chi connectivity index (χ0) is 23.0. The van der Waals surface area contributed by atoms with Crippen molar-refractivity contribution in [3.8, 4) is 11.3 Å². The predicted octanol–water partition coefficient (Wildman–Crippen LogP) is 3.00. The summed E-state index contributed by atoms with van der Waals surface area (Å²) < 4.78 is 17.6. The van der Waals surface area contributed by atoms with Crippen LogP contribution in [-0.4, -0.2) is 62.4 Å². The minimum atomic E-state index is -1.88. The van der Waals surface area contributed by atoms with Crippen molar-refractivity contribution >= 4 is 22.6 Å². The summed E-state index contributed by atoms with van der Waals surface area (Å²) in [4.78, 5) is 19.5. The number of aromatic nitrogens is 4. The molecule has 2 aromatic heterocycles. The molecule has 2 N–H and O–H groups in total. The van der Waals surface area contributed by atoms with Gasteiger partial charge < -0.3 is 20.1 Å². The van der Waals surface area contributed by atoms with Crippen molar-refractivity contribution < 1.29 is 9.18 Å². The Morgan fingerprint density at radius 1 is 1.21 bits per heavy atom. The van der Waals surface area contributed by atoms with E-state index in [1.165, 1.54) is 0 Å². The van der Waals surface area contributed by atoms with Gasteiger partial charge in [0, 0.05) is 56.5 Å². The van der Waals surface area contributed by atoms with Gasteiger partial charge in [-0.2, -0.15) is 0 Å². The number of nitrogens with one attached hydrogen (secondary N) is 2. The van der Waals surface area contributed by atoms with Crippen molar-refractivity contribution in [2.45, 2.75) is 45.4 Å². The van der Waals surface area contributed by atoms with Gasteiger partial charge in [0.05, 0.1) is 24.0 Å². The van der Waals surface area contributed by atoms with Crippen molar-refractivity contribution in [3.63, 3.8) is 0 Å². The quantitative estimate of drug-likeness (QED) is 0.620. The van der Waals surface area contributed by atoms with Crippen LogP contribution in [0.5, 0.6) is 0 Å². The summed E-state index contributed by atoms with van der Waals surface area (Å²) in [6.45, 7) is 8.92. The van der Waals surface area contributed by atoms with Crippen LogP contribution in [0.3, 0.4) is 0 Å². The Kier molecular flexibility index (Phi) is 5.84. The average Bonchev–Trinajstić information content (AvgIpc) is 3.24. The van der Waals surface area contributed by atoms with Gasteiger partial charge in [-0.05, 0) is 24.1 Å². The smallest absolute Gasteiger partial charge is 0.263 e. The first kappa shape index (κ1) is 21.9. The lowest BCUT2D eigenvalue weighted by Gasteiger charge is -2.35. The molecule has 33 heavy (non-hydrogen) atoms. The molecule has 1 fully saturated rings. The van der Waals surface area contributed by atoms with Crippen LogP contribution in [0, 0.1) is 5.92 Å². The molecule has 3 aromatic rings. The molecule has 2 aliphatic heterocycles. The number of amides is 1. The van der Waals surface area contributed by atoms with Crippen LogP contribution in [0.15, 0.2) is 30.5 Å². The second-order valence-corrected chi connectivity index (χ2v) is 9.51. The van der Waals surface area contributed by atoms with Crippen molar-refractivity contribution in [2.75, 3.05) is 31.5 Å². The predicted molar refractivity (Wildman–Crippen MR) is 125 cm³/mol. The number of anilines is 1. The fourth-order valence-electron chi connectivity index (χ4n) is 4.75. The van der Waals surface area contributed by atoms with Crippen molar-refractivity contribution in [2.24, 2.45) is 5.92 Å². The molecule has 1 amide bonds. The molecule has 9 heteroatoms. The average molecular weight is 452 g/mol. The van der Waals surface area contributed by atoms with Gasteiger partial charge in [0.15, 0.2) is 11.5 Å². The van der Waals surface area contributed by atoms with Gasteiger partial charge in [0.2, 0.25) is 0 Å². The minimum absolute atomic E-state index is 0.192. The number of hydrogen-bond donors (Lipinski definition) is 2. The minimum Gasteiger partial charge on any atom is -0.326 e. The molecule has 174 valence electrons. The Morgan fingerprint density at radius 3 is 2.82 bits per heavy atom. The molecule has 0 saturated carbocycles. The summed E-state index contributed by atoms with van der Waals surface area (Å²) in [5, 5.41) is 15.2. The van der Waals surface area contributed by atoms with E-state index in [1.807, 2.05) is 24.4 Å². The maximum atomic E-state index is 15.4. The zero-order valence-corrected chi connectivity index (χ0v) is 19.1. The fraction of sp³-hybridized carbons (Fsp3) is 0.500. The first-order chi connectivity index (χ1) is 15.9. The van der Waals surface area contributed by atoms with Gasteiger partial charge in [-0.15, -0.1) is 10.2 Å². The SMILES string of the molecule is CC(C)CN1CCC(F)(C(=O)Nc2cc3cc(-c4cnc5n4CCNC5)ccc3nn2)CC1. The summed E-state index contributed by atoms with van der Waals surface area (Å²) in [6, 6.07) is 7.69. The molecule has 5 rings (SSSR count). The van der Waals surface area contributed by atoms with E-state index in [4.69, 9.17) is 0 Å². The van der Waals surface area contributed by atoms with Gasteiger partial charge in [-0.3, -0.25) is 4.79 Å². The third-order valence-corrected chi connectivity index (χ3v) is 6.53. The van der Waals surface area contributed by atoms with Crippen LogP contribution in [0.4, 0.5) is 10.2 Å². The molecule has 0 unspecified atom stereocenters. The van der Waals surface area contributed by atoms with Gasteiger partial charge in [0.1, 0.15) is 5.82 Å². The Balaban J connectivity index is 1.33. The lowest BCUT2D eigenvalue weighted by atomic mass is 9.92. The number of rotatable bonds is 5. The van der Waals surface area contributed by atoms with E-state index >= 15 is 4.39 Å². The normalized spacial score (nSPS) is 18.4. The van der Waals surface area contributed by atoms with Gasteiger partial charge in [-0.1, -0.05) is 19.9 Å². The number of fused-ring (bicyclic) bond motifs is 2. The highest BCUT2D eigenvalue weighted by molar-refractivity contribution is 5.98. The van der Waals surface area contributed by atoms with Crippen LogP contribution < -0.4 is 10.6 Å². The molecule has 0 bridgehead atoms. The summed E-state index contributed by atoms with van der Waals surface area (Å²) in [6.07, 6.45) is 2.27. The lowest BCUT2D eigenvalue weighted by Crippen LogP contribution is -2.49. The third-order valence-electron chi connectivity index (χ3n) is 6.53. The third kappa shape index (κ3) is 4.47. The van der Waals surface area contributed by atoms with E-state index in [2.05, 4.69) is 49.1 Å². The summed E-state index contributed by atoms with van der Waals surface area (Å²) in [5.41, 5.74) is 0.907. The molecular weight excluding hydrogens is 421 g/mol. The van der Waals surface area contributed by atoms with E-state index in [9.17, 15) is 4.79 Å². The maximum absolute atomic E-state index is 15.4. The standard InChI is InChI=1S/C24H30FN7O/c1-16(2)15-31-8-5-24(25,6-9-31)23(33)28-21-12-18-11-17(3-4-19(18)29-30-21)20-13-27-22-14-26-7-10-32(20)22/h3-4,11-13,16,26H,5-10,14-15H2,1-2H3,(H,28,30,33). The number of hydrogen-bond acceptors (Lipinski definition) is 6. The lowest BCUT2D eigenvalue weighted by molar-refractivity contribution is -0.130. The molecule has 8 nitrogen and oxygen atoms in total. The van der Waals surface area contributed by atoms with Crippen LogP contribution >= 0.6 is 0 Å². The van der Waals surface area contributed by atoms with Crippen molar-refractivity contribution in [1.29, 1.82) is 0 Å². The second-order valence-electron chi connectivity index (χ2n) is 9.51. The summed E-state index contributed by atoms with van der Waals surface area (Å²) in [7, 11) is 0. The first-order valence-corrected chi connectivity index (χ1v) is 11.7. The second kappa shape index (κ2) is 8.79. The molecule has 4 heterocycles. The highest BCUT2D eigenvalue weighted by Crippen LogP contribution is 2.30. The Morgan fingerprint density at radius 2 is 2.03 bits per heavy atom. The molecule has 1 saturated heterocycles. The van der Waals surface area contributed by atoms with Crippen molar-refractivity contribution in [3.05, 3.63) is 36.3 Å². The van der Waals surface area contributed by atoms with Crippen LogP contribution in [0.25, 0.3) is 22.2 Å². The maximum Gasteiger partial charge on any atom is 0.263 e. The number of benzene rings is 1. The molecule has 0 atom stereocenters. The van der Waals surface area contributed by atoms with Gasteiger partial charge >= 0.3 is 0 Å². The first-order valence-electron chi connectivity index (χ1n) is 11.7. The number of likely N-dealkylation sites (tertiary alicyclic amines) is 1. The number of alkyl halides is 1. The summed E-state index contributed by atoms with van der Waals surface area (Å²) >= 11 is 0. The molecule has 0 aliphatic carbocycles. The number of nitrogens with zero attached hydrogens (tertiary/aromatic N) is 5. The molecule has 2 aliphatic rings. The highest BCUT2D eigenvalue weighted by atomic mass is 19.1. The number of carbonyl (C=O) groups is 1. The molecule has 0 spiro atoms. The van der Waals surface area contributed by atoms with Gasteiger partial charge in [-0.25, -0.2) is 9.37 Å². The largest absolute Gasteiger partial charge is 0.326 e. The van der Waals surface area contributed by atoms with Crippen LogP contribution in [0.1, 0.15) is 32.5 Å². The topological polar surface area (TPSA) is 88.0 Å². The van der Waals surface area contributed by atoms with Crippen LogP contribution in [-0.2, 0) is 17.9 Å². The number of carbonyl (C=O) groups excluding carboxylic acids is 1. The van der Waals surface area contributed by atoms with E-state index in [0.29, 0.717) is 24.5 Å². The Bertz CT molecular complexity index is 1170. The van der Waals surface area contributed by atoms with Crippen molar-refractivity contribution in [1.82, 2.24) is 30.0 Å². The number of halogens is 1. The van der Waals surface area contributed by atoms with E-state index in [0.717, 1.165) is 48.6 Å². The fourth-order valence-corrected chi connectivity index (χ4v) is 4.75. The Labute approximate surface area is 192 Å². The molecular formula is C24H30FN7O. The summed E-state index contributed by atoms with van der Waals surface area (Å²) in [5.74, 6) is 1.18. The number of imidazole rings is 1. The van der Waals surface area contributed by atoms with Crippen LogP contribution in [0.2, 0.25) is 0 Å². The van der Waals surface area contributed by atoms with E-state index in [-0.39, 0.29) is 18.7 Å². The Hall–Kier alpha value is -2.91.